The third-order valence-corrected chi connectivity index (χ3v) is 3.70. The number of ether oxygens (including phenoxy) is 1. The summed E-state index contributed by atoms with van der Waals surface area (Å²) in [5, 5.41) is 13.5. The number of benzene rings is 2. The van der Waals surface area contributed by atoms with Gasteiger partial charge in [0.15, 0.2) is 5.75 Å². The highest BCUT2D eigenvalue weighted by Gasteiger charge is 2.37. The Labute approximate surface area is 158 Å². The molecule has 0 saturated heterocycles. The van der Waals surface area contributed by atoms with Crippen molar-refractivity contribution in [1.82, 2.24) is 5.32 Å². The highest BCUT2D eigenvalue weighted by Crippen LogP contribution is 2.34. The molecule has 0 radical (unpaired) electrons. The molecule has 6 nitrogen and oxygen atoms in total. The van der Waals surface area contributed by atoms with Crippen LogP contribution in [-0.2, 0) is 11.2 Å². The van der Waals surface area contributed by atoms with Gasteiger partial charge in [0.25, 0.3) is 0 Å². The maximum Gasteiger partial charge on any atom is 0.311 e. The maximum absolute atomic E-state index is 12.2. The number of nitro benzene ring substituents is 1. The summed E-state index contributed by atoms with van der Waals surface area (Å²) >= 11 is 17.5. The van der Waals surface area contributed by atoms with Crippen molar-refractivity contribution in [2.45, 2.75) is 16.4 Å². The third kappa shape index (κ3) is 5.77. The SMILES string of the molecule is O=C(Cc1ccccc1)NC(Oc1ccccc1[N+](=O)[O-])C(Cl)(Cl)Cl. The van der Waals surface area contributed by atoms with Crippen molar-refractivity contribution >= 4 is 46.4 Å². The summed E-state index contributed by atoms with van der Waals surface area (Å²) in [7, 11) is 0. The molecule has 1 N–H and O–H groups in total. The van der Waals surface area contributed by atoms with E-state index in [1.807, 2.05) is 6.07 Å². The first-order valence-corrected chi connectivity index (χ1v) is 8.21. The monoisotopic (exact) mass is 402 g/mol. The Balaban J connectivity index is 2.15. The van der Waals surface area contributed by atoms with Gasteiger partial charge in [-0.25, -0.2) is 0 Å². The van der Waals surface area contributed by atoms with Crippen LogP contribution in [0.4, 0.5) is 5.69 Å². The molecule has 0 bridgehead atoms. The molecule has 0 aliphatic carbocycles. The average Bonchev–Trinajstić information content (AvgIpc) is 2.54. The van der Waals surface area contributed by atoms with Crippen LogP contribution < -0.4 is 10.1 Å². The van der Waals surface area contributed by atoms with Crippen LogP contribution in [0.5, 0.6) is 5.75 Å². The molecule has 9 heteroatoms. The lowest BCUT2D eigenvalue weighted by Gasteiger charge is -2.26. The van der Waals surface area contributed by atoms with E-state index in [1.54, 1.807) is 24.3 Å². The van der Waals surface area contributed by atoms with E-state index in [9.17, 15) is 14.9 Å². The number of carbonyl (C=O) groups is 1. The fourth-order valence-electron chi connectivity index (χ4n) is 1.99. The van der Waals surface area contributed by atoms with Crippen LogP contribution in [0.15, 0.2) is 54.6 Å². The number of nitrogens with one attached hydrogen (secondary N) is 1. The van der Waals surface area contributed by atoms with Gasteiger partial charge in [0.05, 0.1) is 11.3 Å². The van der Waals surface area contributed by atoms with Crippen molar-refractivity contribution in [3.05, 3.63) is 70.3 Å². The zero-order valence-electron chi connectivity index (χ0n) is 12.7. The van der Waals surface area contributed by atoms with E-state index < -0.39 is 20.9 Å². The normalized spacial score (nSPS) is 12.3. The third-order valence-electron chi connectivity index (χ3n) is 3.10. The molecule has 1 amide bonds. The molecular weight excluding hydrogens is 391 g/mol. The first kappa shape index (κ1) is 19.3. The Morgan fingerprint density at radius 3 is 2.32 bits per heavy atom. The number of hydrogen-bond acceptors (Lipinski definition) is 4. The zero-order chi connectivity index (χ0) is 18.4. The minimum Gasteiger partial charge on any atom is -0.459 e. The predicted octanol–water partition coefficient (Wildman–Crippen LogP) is 4.03. The standard InChI is InChI=1S/C16H13Cl3N2O4/c17-16(18,19)15(20-14(22)10-11-6-2-1-3-7-11)25-13-9-5-4-8-12(13)21(23)24/h1-9,15H,10H2,(H,20,22). The number of alkyl halides is 3. The van der Waals surface area contributed by atoms with Crippen molar-refractivity contribution in [1.29, 1.82) is 0 Å². The number of amides is 1. The minimum atomic E-state index is -2.03. The molecule has 0 aliphatic rings. The van der Waals surface area contributed by atoms with Crippen LogP contribution in [0.1, 0.15) is 5.56 Å². The van der Waals surface area contributed by atoms with E-state index in [1.165, 1.54) is 24.3 Å². The van der Waals surface area contributed by atoms with E-state index in [0.29, 0.717) is 0 Å². The van der Waals surface area contributed by atoms with Crippen LogP contribution in [-0.4, -0.2) is 20.9 Å². The molecule has 0 fully saturated rings. The molecule has 0 heterocycles. The van der Waals surface area contributed by atoms with E-state index in [4.69, 9.17) is 39.5 Å². The summed E-state index contributed by atoms with van der Waals surface area (Å²) in [5.74, 6) is -0.579. The number of carbonyl (C=O) groups excluding carboxylic acids is 1. The molecule has 1 atom stereocenters. The Kier molecular flexibility index (Phi) is 6.47. The Bertz CT molecular complexity index is 751. The molecule has 2 aromatic carbocycles. The van der Waals surface area contributed by atoms with Gasteiger partial charge in [-0.2, -0.15) is 0 Å². The lowest BCUT2D eigenvalue weighted by atomic mass is 10.1. The first-order chi connectivity index (χ1) is 11.8. The average molecular weight is 404 g/mol. The second-order valence-corrected chi connectivity index (χ2v) is 7.36. The highest BCUT2D eigenvalue weighted by molar-refractivity contribution is 6.68. The van der Waals surface area contributed by atoms with Crippen molar-refractivity contribution in [2.24, 2.45) is 0 Å². The van der Waals surface area contributed by atoms with Gasteiger partial charge in [0, 0.05) is 6.07 Å². The van der Waals surface area contributed by atoms with Gasteiger partial charge in [-0.05, 0) is 11.6 Å². The molecule has 0 aliphatic heterocycles. The number of nitrogens with zero attached hydrogens (tertiary/aromatic N) is 1. The largest absolute Gasteiger partial charge is 0.459 e. The predicted molar refractivity (Wildman–Crippen MR) is 96.1 cm³/mol. The number of hydrogen-bond donors (Lipinski definition) is 1. The van der Waals surface area contributed by atoms with E-state index in [2.05, 4.69) is 5.32 Å². The lowest BCUT2D eigenvalue weighted by Crippen LogP contribution is -2.48. The summed E-state index contributed by atoms with van der Waals surface area (Å²) in [6.45, 7) is 0. The number of nitro groups is 1. The minimum absolute atomic E-state index is 0.0400. The second kappa shape index (κ2) is 8.38. The fraction of sp³-hybridized carbons (Fsp3) is 0.188. The van der Waals surface area contributed by atoms with Crippen LogP contribution >= 0.6 is 34.8 Å². The Morgan fingerprint density at radius 1 is 1.12 bits per heavy atom. The number of halogens is 3. The summed E-state index contributed by atoms with van der Waals surface area (Å²) in [6.07, 6.45) is -1.37. The topological polar surface area (TPSA) is 81.5 Å². The zero-order valence-corrected chi connectivity index (χ0v) is 15.0. The fourth-order valence-corrected chi connectivity index (χ4v) is 2.29. The van der Waals surface area contributed by atoms with Crippen LogP contribution in [0.3, 0.4) is 0 Å². The van der Waals surface area contributed by atoms with Crippen molar-refractivity contribution in [3.8, 4) is 5.75 Å². The van der Waals surface area contributed by atoms with Gasteiger partial charge >= 0.3 is 5.69 Å². The smallest absolute Gasteiger partial charge is 0.311 e. The molecule has 0 saturated carbocycles. The molecule has 25 heavy (non-hydrogen) atoms. The molecule has 2 rings (SSSR count). The van der Waals surface area contributed by atoms with Gasteiger partial charge < -0.3 is 10.1 Å². The van der Waals surface area contributed by atoms with Crippen molar-refractivity contribution < 1.29 is 14.5 Å². The highest BCUT2D eigenvalue weighted by atomic mass is 35.6. The summed E-state index contributed by atoms with van der Waals surface area (Å²) in [5.41, 5.74) is 0.452. The van der Waals surface area contributed by atoms with Gasteiger partial charge in [0.1, 0.15) is 0 Å². The maximum atomic E-state index is 12.2. The summed E-state index contributed by atoms with van der Waals surface area (Å²) < 4.78 is 3.38. The molecular formula is C16H13Cl3N2O4. The number of rotatable bonds is 6. The van der Waals surface area contributed by atoms with Crippen LogP contribution in [0, 0.1) is 10.1 Å². The molecule has 132 valence electrons. The molecule has 2 aromatic rings. The first-order valence-electron chi connectivity index (χ1n) is 7.07. The van der Waals surface area contributed by atoms with E-state index in [-0.39, 0.29) is 17.9 Å². The van der Waals surface area contributed by atoms with Gasteiger partial charge in [0.2, 0.25) is 15.9 Å². The van der Waals surface area contributed by atoms with Gasteiger partial charge in [-0.3, -0.25) is 14.9 Å². The number of para-hydroxylation sites is 2. The van der Waals surface area contributed by atoms with Crippen LogP contribution in [0.2, 0.25) is 0 Å². The van der Waals surface area contributed by atoms with Gasteiger partial charge in [-0.1, -0.05) is 77.3 Å². The second-order valence-electron chi connectivity index (χ2n) is 4.99. The van der Waals surface area contributed by atoms with Crippen molar-refractivity contribution in [3.63, 3.8) is 0 Å². The van der Waals surface area contributed by atoms with E-state index >= 15 is 0 Å². The van der Waals surface area contributed by atoms with Crippen molar-refractivity contribution in [2.75, 3.05) is 0 Å². The molecule has 0 spiro atoms. The summed E-state index contributed by atoms with van der Waals surface area (Å²) in [6, 6.07) is 14.6. The quantitative estimate of drug-likeness (QED) is 0.342. The Morgan fingerprint density at radius 2 is 1.72 bits per heavy atom. The van der Waals surface area contributed by atoms with Crippen LogP contribution in [0.25, 0.3) is 0 Å². The van der Waals surface area contributed by atoms with E-state index in [0.717, 1.165) is 5.56 Å². The summed E-state index contributed by atoms with van der Waals surface area (Å²) in [4.78, 5) is 22.6. The Hall–Kier alpha value is -2.02. The lowest BCUT2D eigenvalue weighted by molar-refractivity contribution is -0.386. The van der Waals surface area contributed by atoms with Gasteiger partial charge in [-0.15, -0.1) is 0 Å². The molecule has 1 unspecified atom stereocenters. The molecule has 0 aromatic heterocycles.